The third-order valence-corrected chi connectivity index (χ3v) is 2.84. The van der Waals surface area contributed by atoms with Crippen LogP contribution in [-0.4, -0.2) is 19.9 Å². The molecule has 0 saturated heterocycles. The van der Waals surface area contributed by atoms with Crippen molar-refractivity contribution >= 4 is 15.8 Å². The van der Waals surface area contributed by atoms with Gasteiger partial charge >= 0.3 is 0 Å². The van der Waals surface area contributed by atoms with E-state index < -0.39 is 10.0 Å². The number of hydrogen-bond donors (Lipinski definition) is 2. The fourth-order valence-electron chi connectivity index (χ4n) is 1.31. The van der Waals surface area contributed by atoms with Crippen molar-refractivity contribution in [1.29, 1.82) is 0 Å². The molecule has 3 N–H and O–H groups in total. The standard InChI is InChI=1S/C7H9N3O2S/c8-13(11,12)6-3-5-1-2-9-7(5)10-4-6/h3-4H,1-2H2,(H,9,10)(H2,8,11,12). The molecule has 1 aliphatic heterocycles. The summed E-state index contributed by atoms with van der Waals surface area (Å²) in [5.74, 6) is 0.757. The summed E-state index contributed by atoms with van der Waals surface area (Å²) >= 11 is 0. The van der Waals surface area contributed by atoms with E-state index in [-0.39, 0.29) is 4.90 Å². The Morgan fingerprint density at radius 2 is 2.31 bits per heavy atom. The molecular formula is C7H9N3O2S. The van der Waals surface area contributed by atoms with Gasteiger partial charge in [0.2, 0.25) is 10.0 Å². The predicted octanol–water partition coefficient (Wildman–Crippen LogP) is -0.303. The van der Waals surface area contributed by atoms with Crippen molar-refractivity contribution in [3.8, 4) is 0 Å². The van der Waals surface area contributed by atoms with Gasteiger partial charge in [0.1, 0.15) is 10.7 Å². The van der Waals surface area contributed by atoms with Crippen molar-refractivity contribution in [2.75, 3.05) is 11.9 Å². The lowest BCUT2D eigenvalue weighted by molar-refractivity contribution is 0.597. The maximum Gasteiger partial charge on any atom is 0.239 e. The van der Waals surface area contributed by atoms with Gasteiger partial charge in [-0.1, -0.05) is 0 Å². The van der Waals surface area contributed by atoms with E-state index in [4.69, 9.17) is 5.14 Å². The van der Waals surface area contributed by atoms with E-state index in [1.165, 1.54) is 6.20 Å². The molecule has 1 aromatic heterocycles. The number of hydrogen-bond acceptors (Lipinski definition) is 4. The number of fused-ring (bicyclic) bond motifs is 1. The van der Waals surface area contributed by atoms with Crippen LogP contribution in [0.4, 0.5) is 5.82 Å². The highest BCUT2D eigenvalue weighted by Crippen LogP contribution is 2.21. The summed E-state index contributed by atoms with van der Waals surface area (Å²) in [7, 11) is -3.61. The first kappa shape index (κ1) is 8.46. The number of aromatic nitrogens is 1. The zero-order chi connectivity index (χ0) is 9.47. The van der Waals surface area contributed by atoms with Crippen LogP contribution in [0.1, 0.15) is 5.56 Å². The largest absolute Gasteiger partial charge is 0.370 e. The van der Waals surface area contributed by atoms with Crippen molar-refractivity contribution in [2.45, 2.75) is 11.3 Å². The highest BCUT2D eigenvalue weighted by atomic mass is 32.2. The number of anilines is 1. The summed E-state index contributed by atoms with van der Waals surface area (Å²) in [6.07, 6.45) is 2.07. The molecule has 13 heavy (non-hydrogen) atoms. The Labute approximate surface area is 76.0 Å². The van der Waals surface area contributed by atoms with E-state index in [1.807, 2.05) is 0 Å². The molecule has 0 aromatic carbocycles. The van der Waals surface area contributed by atoms with Crippen LogP contribution in [0.25, 0.3) is 0 Å². The number of nitrogens with two attached hydrogens (primary N) is 1. The molecule has 0 saturated carbocycles. The van der Waals surface area contributed by atoms with Gasteiger partial charge in [-0.15, -0.1) is 0 Å². The van der Waals surface area contributed by atoms with Gasteiger partial charge in [0.15, 0.2) is 0 Å². The lowest BCUT2D eigenvalue weighted by Crippen LogP contribution is -2.12. The van der Waals surface area contributed by atoms with Crippen LogP contribution in [0.5, 0.6) is 0 Å². The minimum atomic E-state index is -3.61. The van der Waals surface area contributed by atoms with Crippen LogP contribution >= 0.6 is 0 Å². The smallest absolute Gasteiger partial charge is 0.239 e. The van der Waals surface area contributed by atoms with Crippen molar-refractivity contribution in [3.63, 3.8) is 0 Å². The van der Waals surface area contributed by atoms with Crippen LogP contribution in [0, 0.1) is 0 Å². The van der Waals surface area contributed by atoms with E-state index in [0.717, 1.165) is 24.3 Å². The molecule has 0 spiro atoms. The number of nitrogens with zero attached hydrogens (tertiary/aromatic N) is 1. The van der Waals surface area contributed by atoms with Gasteiger partial charge in [-0.3, -0.25) is 0 Å². The highest BCUT2D eigenvalue weighted by molar-refractivity contribution is 7.89. The monoisotopic (exact) mass is 199 g/mol. The minimum absolute atomic E-state index is 0.0787. The van der Waals surface area contributed by atoms with Crippen molar-refractivity contribution in [2.24, 2.45) is 5.14 Å². The van der Waals surface area contributed by atoms with Crippen molar-refractivity contribution in [1.82, 2.24) is 4.98 Å². The van der Waals surface area contributed by atoms with Gasteiger partial charge in [0, 0.05) is 12.7 Å². The molecule has 0 fully saturated rings. The third-order valence-electron chi connectivity index (χ3n) is 1.96. The average molecular weight is 199 g/mol. The molecule has 0 bridgehead atoms. The molecule has 2 rings (SSSR count). The van der Waals surface area contributed by atoms with E-state index in [2.05, 4.69) is 10.3 Å². The van der Waals surface area contributed by atoms with Gasteiger partial charge in [0.25, 0.3) is 0 Å². The van der Waals surface area contributed by atoms with Gasteiger partial charge in [-0.25, -0.2) is 18.5 Å². The summed E-state index contributed by atoms with van der Waals surface area (Å²) in [6.45, 7) is 0.802. The van der Waals surface area contributed by atoms with Crippen LogP contribution in [0.15, 0.2) is 17.2 Å². The third kappa shape index (κ3) is 1.50. The van der Waals surface area contributed by atoms with Crippen molar-refractivity contribution < 1.29 is 8.42 Å². The lowest BCUT2D eigenvalue weighted by Gasteiger charge is -2.00. The van der Waals surface area contributed by atoms with Crippen LogP contribution in [-0.2, 0) is 16.4 Å². The van der Waals surface area contributed by atoms with E-state index in [0.29, 0.717) is 0 Å². The Hall–Kier alpha value is -1.14. The highest BCUT2D eigenvalue weighted by Gasteiger charge is 2.15. The predicted molar refractivity (Wildman–Crippen MR) is 47.8 cm³/mol. The molecule has 0 atom stereocenters. The first-order chi connectivity index (χ1) is 6.07. The molecule has 0 radical (unpaired) electrons. The quantitative estimate of drug-likeness (QED) is 0.650. The fourth-order valence-corrected chi connectivity index (χ4v) is 1.82. The van der Waals surface area contributed by atoms with Crippen LogP contribution < -0.4 is 10.5 Å². The molecule has 6 heteroatoms. The summed E-state index contributed by atoms with van der Waals surface area (Å²) < 4.78 is 21.9. The number of rotatable bonds is 1. The van der Waals surface area contributed by atoms with Crippen molar-refractivity contribution in [3.05, 3.63) is 17.8 Å². The zero-order valence-corrected chi connectivity index (χ0v) is 7.63. The summed E-state index contributed by atoms with van der Waals surface area (Å²) in [4.78, 5) is 4.03. The number of sulfonamides is 1. The topological polar surface area (TPSA) is 85.1 Å². The van der Waals surface area contributed by atoms with Gasteiger partial charge in [-0.2, -0.15) is 0 Å². The second-order valence-electron chi connectivity index (χ2n) is 2.90. The second kappa shape index (κ2) is 2.68. The molecule has 0 aliphatic carbocycles. The Kier molecular flexibility index (Phi) is 1.74. The maximum absolute atomic E-state index is 11.0. The Morgan fingerprint density at radius 3 is 3.00 bits per heavy atom. The fraction of sp³-hybridized carbons (Fsp3) is 0.286. The lowest BCUT2D eigenvalue weighted by atomic mass is 10.2. The zero-order valence-electron chi connectivity index (χ0n) is 6.82. The van der Waals surface area contributed by atoms with Gasteiger partial charge < -0.3 is 5.32 Å². The number of nitrogens with one attached hydrogen (secondary N) is 1. The molecule has 5 nitrogen and oxygen atoms in total. The van der Waals surface area contributed by atoms with E-state index in [9.17, 15) is 8.42 Å². The van der Waals surface area contributed by atoms with E-state index >= 15 is 0 Å². The first-order valence-corrected chi connectivity index (χ1v) is 5.37. The molecule has 70 valence electrons. The summed E-state index contributed by atoms with van der Waals surface area (Å²) in [6, 6.07) is 1.57. The molecule has 1 aromatic rings. The Bertz CT molecular complexity index is 441. The summed E-state index contributed by atoms with van der Waals surface area (Å²) in [5, 5.41) is 7.99. The van der Waals surface area contributed by atoms with Gasteiger partial charge in [0.05, 0.1) is 0 Å². The number of primary sulfonamides is 1. The molecule has 1 aliphatic rings. The van der Waals surface area contributed by atoms with Gasteiger partial charge in [-0.05, 0) is 18.1 Å². The molecular weight excluding hydrogens is 190 g/mol. The summed E-state index contributed by atoms with van der Waals surface area (Å²) in [5.41, 5.74) is 0.909. The molecule has 2 heterocycles. The maximum atomic E-state index is 11.0. The SMILES string of the molecule is NS(=O)(=O)c1cnc2c(c1)CCN2. The Morgan fingerprint density at radius 1 is 1.54 bits per heavy atom. The molecule has 0 amide bonds. The average Bonchev–Trinajstić information content (AvgIpc) is 2.47. The minimum Gasteiger partial charge on any atom is -0.370 e. The Balaban J connectivity index is 2.54. The van der Waals surface area contributed by atoms with Crippen LogP contribution in [0.3, 0.4) is 0 Å². The number of pyridine rings is 1. The van der Waals surface area contributed by atoms with Crippen LogP contribution in [0.2, 0.25) is 0 Å². The first-order valence-electron chi connectivity index (χ1n) is 3.83. The molecule has 0 unspecified atom stereocenters. The normalized spacial score (nSPS) is 15.2. The second-order valence-corrected chi connectivity index (χ2v) is 4.46. The van der Waals surface area contributed by atoms with E-state index in [1.54, 1.807) is 6.07 Å².